The average molecular weight is 240 g/mol. The lowest BCUT2D eigenvalue weighted by molar-refractivity contribution is 0.296. The van der Waals surface area contributed by atoms with Crippen molar-refractivity contribution in [1.29, 1.82) is 0 Å². The first-order valence-electron chi connectivity index (χ1n) is 5.66. The summed E-state index contributed by atoms with van der Waals surface area (Å²) in [5, 5.41) is 12.1. The summed E-state index contributed by atoms with van der Waals surface area (Å²) < 4.78 is 0. The van der Waals surface area contributed by atoms with Gasteiger partial charge in [-0.05, 0) is 36.8 Å². The number of hydrogen-bond donors (Lipinski definition) is 2. The van der Waals surface area contributed by atoms with Crippen molar-refractivity contribution in [2.45, 2.75) is 19.4 Å². The third-order valence-electron chi connectivity index (χ3n) is 2.35. The second-order valence-electron chi connectivity index (χ2n) is 3.65. The molecule has 0 saturated heterocycles. The molecule has 0 saturated carbocycles. The topological polar surface area (TPSA) is 45.1 Å². The molecule has 1 aromatic heterocycles. The van der Waals surface area contributed by atoms with Crippen molar-refractivity contribution in [3.05, 3.63) is 30.1 Å². The van der Waals surface area contributed by atoms with Crippen molar-refractivity contribution >= 4 is 11.8 Å². The van der Waals surface area contributed by atoms with Crippen LogP contribution in [0.15, 0.2) is 24.5 Å². The molecule has 90 valence electrons. The first-order valence-corrected chi connectivity index (χ1v) is 6.82. The van der Waals surface area contributed by atoms with Crippen LogP contribution in [0.1, 0.15) is 24.9 Å². The Hall–Kier alpha value is -0.580. The van der Waals surface area contributed by atoms with Gasteiger partial charge in [-0.3, -0.25) is 4.98 Å². The Kier molecular flexibility index (Phi) is 7.21. The lowest BCUT2D eigenvalue weighted by atomic mass is 10.1. The van der Waals surface area contributed by atoms with E-state index in [2.05, 4.69) is 17.2 Å². The fourth-order valence-corrected chi connectivity index (χ4v) is 2.19. The molecule has 4 heteroatoms. The van der Waals surface area contributed by atoms with Crippen molar-refractivity contribution in [3.8, 4) is 0 Å². The molecular weight excluding hydrogens is 220 g/mol. The third-order valence-corrected chi connectivity index (χ3v) is 3.42. The molecule has 3 nitrogen and oxygen atoms in total. The Labute approximate surface area is 102 Å². The summed E-state index contributed by atoms with van der Waals surface area (Å²) in [6, 6.07) is 4.45. The highest BCUT2D eigenvalue weighted by Crippen LogP contribution is 2.10. The minimum atomic E-state index is 0.299. The van der Waals surface area contributed by atoms with Crippen molar-refractivity contribution in [2.24, 2.45) is 0 Å². The van der Waals surface area contributed by atoms with Crippen LogP contribution in [0.25, 0.3) is 0 Å². The molecule has 0 spiro atoms. The maximum Gasteiger partial charge on any atom is 0.0438 e. The number of pyridine rings is 1. The van der Waals surface area contributed by atoms with Crippen LogP contribution in [0.5, 0.6) is 0 Å². The largest absolute Gasteiger partial charge is 0.396 e. The number of nitrogens with zero attached hydrogens (tertiary/aromatic N) is 1. The van der Waals surface area contributed by atoms with Gasteiger partial charge in [0.25, 0.3) is 0 Å². The monoisotopic (exact) mass is 240 g/mol. The van der Waals surface area contributed by atoms with E-state index in [1.807, 2.05) is 36.3 Å². The van der Waals surface area contributed by atoms with E-state index in [9.17, 15) is 0 Å². The Balaban J connectivity index is 2.09. The molecule has 1 aromatic rings. The summed E-state index contributed by atoms with van der Waals surface area (Å²) in [5.41, 5.74) is 1.27. The van der Waals surface area contributed by atoms with Crippen molar-refractivity contribution < 1.29 is 5.11 Å². The van der Waals surface area contributed by atoms with Crippen molar-refractivity contribution in [3.63, 3.8) is 0 Å². The molecule has 0 aliphatic rings. The van der Waals surface area contributed by atoms with Gasteiger partial charge in [-0.2, -0.15) is 11.8 Å². The maximum absolute atomic E-state index is 8.62. The Morgan fingerprint density at radius 1 is 1.38 bits per heavy atom. The van der Waals surface area contributed by atoms with Crippen LogP contribution in [0.3, 0.4) is 0 Å². The molecule has 1 rings (SSSR count). The van der Waals surface area contributed by atoms with Crippen molar-refractivity contribution in [1.82, 2.24) is 10.3 Å². The molecular formula is C12H20N2OS. The smallest absolute Gasteiger partial charge is 0.0438 e. The fraction of sp³-hybridized carbons (Fsp3) is 0.583. The van der Waals surface area contributed by atoms with Crippen LogP contribution in [-0.2, 0) is 0 Å². The molecule has 16 heavy (non-hydrogen) atoms. The van der Waals surface area contributed by atoms with Gasteiger partial charge in [-0.25, -0.2) is 0 Å². The van der Waals surface area contributed by atoms with Gasteiger partial charge in [0.1, 0.15) is 0 Å². The summed E-state index contributed by atoms with van der Waals surface area (Å²) in [6.45, 7) is 3.46. The normalized spacial score (nSPS) is 12.6. The number of aromatic nitrogens is 1. The molecule has 0 bridgehead atoms. The second kappa shape index (κ2) is 8.56. The predicted molar refractivity (Wildman–Crippen MR) is 69.7 cm³/mol. The molecule has 0 aliphatic carbocycles. The summed E-state index contributed by atoms with van der Waals surface area (Å²) >= 11 is 1.88. The SMILES string of the molecule is CC(NCCSCCCO)c1ccncc1. The molecule has 1 heterocycles. The fourth-order valence-electron chi connectivity index (χ4n) is 1.39. The third kappa shape index (κ3) is 5.49. The molecule has 0 amide bonds. The van der Waals surface area contributed by atoms with Crippen LogP contribution in [-0.4, -0.2) is 34.7 Å². The summed E-state index contributed by atoms with van der Waals surface area (Å²) in [7, 11) is 0. The zero-order valence-electron chi connectivity index (χ0n) is 9.72. The van der Waals surface area contributed by atoms with Gasteiger partial charge in [0.15, 0.2) is 0 Å². The molecule has 1 atom stereocenters. The summed E-state index contributed by atoms with van der Waals surface area (Å²) in [5.74, 6) is 2.14. The number of aliphatic hydroxyl groups is 1. The highest BCUT2D eigenvalue weighted by molar-refractivity contribution is 7.99. The van der Waals surface area contributed by atoms with E-state index in [1.165, 1.54) is 5.56 Å². The minimum absolute atomic E-state index is 0.299. The molecule has 0 fully saturated rings. The van der Waals surface area contributed by atoms with Gasteiger partial charge in [0.2, 0.25) is 0 Å². The molecule has 2 N–H and O–H groups in total. The maximum atomic E-state index is 8.62. The summed E-state index contributed by atoms with van der Waals surface area (Å²) in [4.78, 5) is 4.00. The highest BCUT2D eigenvalue weighted by atomic mass is 32.2. The zero-order chi connectivity index (χ0) is 11.6. The van der Waals surface area contributed by atoms with Gasteiger partial charge in [-0.15, -0.1) is 0 Å². The Morgan fingerprint density at radius 3 is 2.81 bits per heavy atom. The number of hydrogen-bond acceptors (Lipinski definition) is 4. The van der Waals surface area contributed by atoms with Crippen LogP contribution < -0.4 is 5.32 Å². The highest BCUT2D eigenvalue weighted by Gasteiger charge is 2.02. The zero-order valence-corrected chi connectivity index (χ0v) is 10.5. The number of nitrogens with one attached hydrogen (secondary N) is 1. The Morgan fingerprint density at radius 2 is 2.12 bits per heavy atom. The van der Waals surface area contributed by atoms with Crippen LogP contribution in [0, 0.1) is 0 Å². The van der Waals surface area contributed by atoms with E-state index in [1.54, 1.807) is 0 Å². The Bertz CT molecular complexity index is 269. The van der Waals surface area contributed by atoms with Crippen LogP contribution in [0.2, 0.25) is 0 Å². The van der Waals surface area contributed by atoms with E-state index in [4.69, 9.17) is 5.11 Å². The van der Waals surface area contributed by atoms with E-state index in [0.717, 1.165) is 24.5 Å². The first kappa shape index (κ1) is 13.5. The van der Waals surface area contributed by atoms with E-state index in [0.29, 0.717) is 12.6 Å². The molecule has 1 unspecified atom stereocenters. The minimum Gasteiger partial charge on any atom is -0.396 e. The lowest BCUT2D eigenvalue weighted by Gasteiger charge is -2.13. The molecule has 0 aliphatic heterocycles. The molecule has 0 radical (unpaired) electrons. The van der Waals surface area contributed by atoms with Gasteiger partial charge in [0.05, 0.1) is 0 Å². The average Bonchev–Trinajstić information content (AvgIpc) is 2.34. The van der Waals surface area contributed by atoms with E-state index >= 15 is 0 Å². The second-order valence-corrected chi connectivity index (χ2v) is 4.87. The van der Waals surface area contributed by atoms with Gasteiger partial charge in [-0.1, -0.05) is 0 Å². The van der Waals surface area contributed by atoms with Gasteiger partial charge in [0, 0.05) is 37.3 Å². The van der Waals surface area contributed by atoms with Crippen LogP contribution >= 0.6 is 11.8 Å². The van der Waals surface area contributed by atoms with Crippen LogP contribution in [0.4, 0.5) is 0 Å². The predicted octanol–water partition coefficient (Wildman–Crippen LogP) is 1.85. The lowest BCUT2D eigenvalue weighted by Crippen LogP contribution is -2.21. The van der Waals surface area contributed by atoms with E-state index < -0.39 is 0 Å². The van der Waals surface area contributed by atoms with Gasteiger partial charge >= 0.3 is 0 Å². The number of aliphatic hydroxyl groups excluding tert-OH is 1. The molecule has 0 aromatic carbocycles. The first-order chi connectivity index (χ1) is 7.84. The quantitative estimate of drug-likeness (QED) is 0.681. The van der Waals surface area contributed by atoms with Crippen molar-refractivity contribution in [2.75, 3.05) is 24.7 Å². The number of rotatable bonds is 8. The van der Waals surface area contributed by atoms with E-state index in [-0.39, 0.29) is 0 Å². The van der Waals surface area contributed by atoms with Gasteiger partial charge < -0.3 is 10.4 Å². The summed E-state index contributed by atoms with van der Waals surface area (Å²) in [6.07, 6.45) is 4.54. The number of thioether (sulfide) groups is 1. The standard InChI is InChI=1S/C12H20N2OS/c1-11(12-3-5-13-6-4-12)14-7-10-16-9-2-8-15/h3-6,11,14-15H,2,7-10H2,1H3.